The zero-order valence-electron chi connectivity index (χ0n) is 18.0. The first-order chi connectivity index (χ1) is 16.6. The number of carbonyl (C=O) groups excluding carboxylic acids is 2. The number of hydrogen-bond acceptors (Lipinski definition) is 7. The largest absolute Gasteiger partial charge is 0.487 e. The topological polar surface area (TPSA) is 113 Å². The highest BCUT2D eigenvalue weighted by Crippen LogP contribution is 2.26. The third-order valence-corrected chi connectivity index (χ3v) is 5.75. The minimum Gasteiger partial charge on any atom is -0.487 e. The molecule has 8 nitrogen and oxygen atoms in total. The summed E-state index contributed by atoms with van der Waals surface area (Å²) in [5, 5.41) is 13.9. The molecule has 0 fully saturated rings. The Bertz CT molecular complexity index is 1250. The van der Waals surface area contributed by atoms with Crippen molar-refractivity contribution < 1.29 is 19.5 Å². The Kier molecular flexibility index (Phi) is 7.59. The second-order valence-corrected chi connectivity index (χ2v) is 8.22. The minimum absolute atomic E-state index is 0.222. The molecule has 3 N–H and O–H groups in total. The van der Waals surface area contributed by atoms with Crippen LogP contribution in [-0.2, 0) is 17.8 Å². The number of anilines is 1. The van der Waals surface area contributed by atoms with E-state index in [0.29, 0.717) is 28.7 Å². The highest BCUT2D eigenvalue weighted by molar-refractivity contribution is 7.14. The van der Waals surface area contributed by atoms with E-state index in [-0.39, 0.29) is 12.3 Å². The van der Waals surface area contributed by atoms with Crippen LogP contribution in [0.3, 0.4) is 0 Å². The van der Waals surface area contributed by atoms with Gasteiger partial charge in [-0.15, -0.1) is 11.3 Å². The molecule has 2 aromatic heterocycles. The SMILES string of the molecule is O=C(Nc1nc(C(Cc2ccccc2)C(=O)NO)cs1)c1cccc(COc2ccccc2)n1. The molecule has 0 aliphatic rings. The lowest BCUT2D eigenvalue weighted by atomic mass is 9.96. The molecule has 2 heterocycles. The Hall–Kier alpha value is -4.08. The molecule has 172 valence electrons. The lowest BCUT2D eigenvalue weighted by Crippen LogP contribution is -2.28. The molecule has 0 saturated carbocycles. The summed E-state index contributed by atoms with van der Waals surface area (Å²) in [6, 6.07) is 23.9. The lowest BCUT2D eigenvalue weighted by molar-refractivity contribution is -0.130. The van der Waals surface area contributed by atoms with Crippen LogP contribution in [-0.4, -0.2) is 27.0 Å². The van der Waals surface area contributed by atoms with Gasteiger partial charge in [0.05, 0.1) is 17.3 Å². The molecule has 0 spiro atoms. The average molecular weight is 475 g/mol. The number of nitrogens with one attached hydrogen (secondary N) is 2. The fourth-order valence-electron chi connectivity index (χ4n) is 3.28. The fourth-order valence-corrected chi connectivity index (χ4v) is 4.04. The predicted molar refractivity (Wildman–Crippen MR) is 128 cm³/mol. The quantitative estimate of drug-likeness (QED) is 0.248. The van der Waals surface area contributed by atoms with Crippen LogP contribution in [0, 0.1) is 0 Å². The number of hydrogen-bond donors (Lipinski definition) is 3. The molecule has 4 aromatic rings. The van der Waals surface area contributed by atoms with Crippen molar-refractivity contribution in [3.63, 3.8) is 0 Å². The van der Waals surface area contributed by atoms with Crippen LogP contribution in [0.5, 0.6) is 5.75 Å². The number of rotatable bonds is 9. The number of hydroxylamine groups is 1. The highest BCUT2D eigenvalue weighted by atomic mass is 32.1. The number of carbonyl (C=O) groups is 2. The summed E-state index contributed by atoms with van der Waals surface area (Å²) in [5.74, 6) is -0.981. The number of ether oxygens (including phenoxy) is 1. The van der Waals surface area contributed by atoms with Crippen molar-refractivity contribution in [2.45, 2.75) is 18.9 Å². The molecular formula is C25H22N4O4S. The van der Waals surface area contributed by atoms with Crippen LogP contribution < -0.4 is 15.5 Å². The van der Waals surface area contributed by atoms with Gasteiger partial charge in [-0.1, -0.05) is 54.6 Å². The standard InChI is InChI=1S/C25H22N4O4S/c30-23(29-32)20(14-17-8-3-1-4-9-17)22-16-34-25(27-22)28-24(31)21-13-7-10-18(26-21)15-33-19-11-5-2-6-12-19/h1-13,16,20,32H,14-15H2,(H,29,30)(H,27,28,31). The van der Waals surface area contributed by atoms with Crippen molar-refractivity contribution in [3.8, 4) is 5.75 Å². The van der Waals surface area contributed by atoms with Crippen LogP contribution in [0.25, 0.3) is 0 Å². The number of pyridine rings is 1. The molecule has 1 atom stereocenters. The Morgan fingerprint density at radius 1 is 0.941 bits per heavy atom. The number of thiazole rings is 1. The van der Waals surface area contributed by atoms with Gasteiger partial charge >= 0.3 is 0 Å². The monoisotopic (exact) mass is 474 g/mol. The Morgan fingerprint density at radius 3 is 2.41 bits per heavy atom. The van der Waals surface area contributed by atoms with Crippen molar-refractivity contribution in [2.24, 2.45) is 0 Å². The van der Waals surface area contributed by atoms with Crippen LogP contribution in [0.4, 0.5) is 5.13 Å². The zero-order valence-corrected chi connectivity index (χ0v) is 18.9. The van der Waals surface area contributed by atoms with E-state index in [1.807, 2.05) is 60.7 Å². The van der Waals surface area contributed by atoms with Gasteiger partial charge in [0.15, 0.2) is 5.13 Å². The summed E-state index contributed by atoms with van der Waals surface area (Å²) in [6.07, 6.45) is 0.357. The lowest BCUT2D eigenvalue weighted by Gasteiger charge is -2.12. The van der Waals surface area contributed by atoms with E-state index in [4.69, 9.17) is 4.74 Å². The molecule has 4 rings (SSSR count). The summed E-state index contributed by atoms with van der Waals surface area (Å²) >= 11 is 1.19. The molecular weight excluding hydrogens is 452 g/mol. The second-order valence-electron chi connectivity index (χ2n) is 7.37. The van der Waals surface area contributed by atoms with Crippen LogP contribution in [0.2, 0.25) is 0 Å². The molecule has 2 amide bonds. The van der Waals surface area contributed by atoms with Crippen molar-refractivity contribution in [3.05, 3.63) is 107 Å². The van der Waals surface area contributed by atoms with E-state index in [1.54, 1.807) is 29.1 Å². The van der Waals surface area contributed by atoms with E-state index in [1.165, 1.54) is 11.3 Å². The Morgan fingerprint density at radius 2 is 1.68 bits per heavy atom. The second kappa shape index (κ2) is 11.2. The number of aromatic nitrogens is 2. The van der Waals surface area contributed by atoms with Crippen molar-refractivity contribution in [1.29, 1.82) is 0 Å². The van der Waals surface area contributed by atoms with Crippen molar-refractivity contribution in [1.82, 2.24) is 15.4 Å². The maximum Gasteiger partial charge on any atom is 0.276 e. The molecule has 1 unspecified atom stereocenters. The highest BCUT2D eigenvalue weighted by Gasteiger charge is 2.24. The zero-order chi connectivity index (χ0) is 23.8. The summed E-state index contributed by atoms with van der Waals surface area (Å²) in [7, 11) is 0. The maximum atomic E-state index is 12.7. The molecule has 9 heteroatoms. The fraction of sp³-hybridized carbons (Fsp3) is 0.120. The first-order valence-corrected chi connectivity index (χ1v) is 11.4. The summed E-state index contributed by atoms with van der Waals surface area (Å²) in [6.45, 7) is 0.226. The first-order valence-electron chi connectivity index (χ1n) is 10.5. The molecule has 0 bridgehead atoms. The van der Waals surface area contributed by atoms with E-state index in [9.17, 15) is 14.8 Å². The molecule has 34 heavy (non-hydrogen) atoms. The maximum absolute atomic E-state index is 12.7. The van der Waals surface area contributed by atoms with Crippen LogP contribution >= 0.6 is 11.3 Å². The van der Waals surface area contributed by atoms with E-state index in [0.717, 1.165) is 5.56 Å². The van der Waals surface area contributed by atoms with Crippen molar-refractivity contribution in [2.75, 3.05) is 5.32 Å². The van der Waals surface area contributed by atoms with E-state index < -0.39 is 17.7 Å². The van der Waals surface area contributed by atoms with Gasteiger partial charge in [-0.05, 0) is 36.2 Å². The predicted octanol–water partition coefficient (Wildman–Crippen LogP) is 4.20. The van der Waals surface area contributed by atoms with Gasteiger partial charge < -0.3 is 4.74 Å². The van der Waals surface area contributed by atoms with Gasteiger partial charge in [0.2, 0.25) is 0 Å². The summed E-state index contributed by atoms with van der Waals surface area (Å²) in [4.78, 5) is 33.8. The third kappa shape index (κ3) is 6.03. The van der Waals surface area contributed by atoms with Gasteiger partial charge in [0.1, 0.15) is 18.1 Å². The number of amides is 2. The first kappa shape index (κ1) is 23.1. The number of para-hydroxylation sites is 1. The molecule has 0 aliphatic heterocycles. The smallest absolute Gasteiger partial charge is 0.276 e. The van der Waals surface area contributed by atoms with Gasteiger partial charge in [0, 0.05) is 5.38 Å². The van der Waals surface area contributed by atoms with Crippen LogP contribution in [0.1, 0.15) is 33.4 Å². The Labute approximate surface area is 200 Å². The van der Waals surface area contributed by atoms with E-state index >= 15 is 0 Å². The average Bonchev–Trinajstić information content (AvgIpc) is 3.35. The van der Waals surface area contributed by atoms with E-state index in [2.05, 4.69) is 15.3 Å². The van der Waals surface area contributed by atoms with Crippen molar-refractivity contribution >= 4 is 28.3 Å². The molecule has 0 radical (unpaired) electrons. The normalized spacial score (nSPS) is 11.4. The molecule has 2 aromatic carbocycles. The van der Waals surface area contributed by atoms with Gasteiger partial charge in [-0.25, -0.2) is 15.4 Å². The third-order valence-electron chi connectivity index (χ3n) is 4.98. The number of nitrogens with zero attached hydrogens (tertiary/aromatic N) is 2. The number of benzene rings is 2. The van der Waals surface area contributed by atoms with Gasteiger partial charge in [-0.2, -0.15) is 0 Å². The van der Waals surface area contributed by atoms with Crippen LogP contribution in [0.15, 0.2) is 84.2 Å². The minimum atomic E-state index is -0.703. The van der Waals surface area contributed by atoms with Gasteiger partial charge in [-0.3, -0.25) is 20.1 Å². The molecule has 0 saturated heterocycles. The Balaban J connectivity index is 1.42. The van der Waals surface area contributed by atoms with Gasteiger partial charge in [0.25, 0.3) is 11.8 Å². The summed E-state index contributed by atoms with van der Waals surface area (Å²) < 4.78 is 5.69. The molecule has 0 aliphatic carbocycles. The summed E-state index contributed by atoms with van der Waals surface area (Å²) in [5.41, 5.74) is 3.92.